The minimum absolute atomic E-state index is 0.0409. The van der Waals surface area contributed by atoms with Crippen molar-refractivity contribution in [3.63, 3.8) is 0 Å². The molecule has 40 heavy (non-hydrogen) atoms. The maximum absolute atomic E-state index is 12.3. The minimum atomic E-state index is -0.188. The molecule has 2 unspecified atom stereocenters. The van der Waals surface area contributed by atoms with Crippen LogP contribution in [0.25, 0.3) is 10.8 Å². The monoisotopic (exact) mass is 561 g/mol. The third-order valence-electron chi connectivity index (χ3n) is 8.55. The van der Waals surface area contributed by atoms with E-state index < -0.39 is 0 Å². The van der Waals surface area contributed by atoms with Crippen molar-refractivity contribution in [1.82, 2.24) is 19.8 Å². The quantitative estimate of drug-likeness (QED) is 0.401. The molecule has 0 spiro atoms. The molecule has 3 aliphatic rings. The lowest BCUT2D eigenvalue weighted by Crippen LogP contribution is -2.54. The number of hydrogen-bond acceptors (Lipinski definition) is 7. The summed E-state index contributed by atoms with van der Waals surface area (Å²) in [5, 5.41) is 2.83. The van der Waals surface area contributed by atoms with Gasteiger partial charge in [0.2, 0.25) is 5.91 Å². The molecule has 0 aliphatic carbocycles. The molecule has 2 aromatic carbocycles. The van der Waals surface area contributed by atoms with Gasteiger partial charge in [-0.25, -0.2) is 0 Å². The number of hydrogen-bond donors (Lipinski definition) is 0. The van der Waals surface area contributed by atoms with E-state index in [1.54, 1.807) is 0 Å². The predicted octanol–water partition coefficient (Wildman–Crippen LogP) is 4.79. The number of carbonyl (C=O) groups excluding carboxylic acids is 1. The fourth-order valence-electron chi connectivity index (χ4n) is 6.29. The summed E-state index contributed by atoms with van der Waals surface area (Å²) in [6.45, 7) is 9.68. The van der Waals surface area contributed by atoms with E-state index in [2.05, 4.69) is 54.6 Å². The van der Waals surface area contributed by atoms with Crippen molar-refractivity contribution in [2.45, 2.75) is 51.0 Å². The average molecular weight is 562 g/mol. The molecule has 3 aliphatic heterocycles. The molecule has 0 radical (unpaired) electrons. The SMILES string of the molecule is C=CC(=O)N1CCN(c2nc(OCC3CCCN3C)nc3c2COC(c2cccc4cccc(Cl)c24)C3)[C@@H](C)C1. The molecule has 3 atom stereocenters. The van der Waals surface area contributed by atoms with E-state index in [1.165, 1.54) is 12.5 Å². The molecule has 1 aromatic heterocycles. The Bertz CT molecular complexity index is 1430. The third-order valence-corrected chi connectivity index (χ3v) is 8.87. The maximum atomic E-state index is 12.3. The molecular weight excluding hydrogens is 526 g/mol. The van der Waals surface area contributed by atoms with Gasteiger partial charge >= 0.3 is 6.01 Å². The van der Waals surface area contributed by atoms with Crippen LogP contribution in [0, 0.1) is 0 Å². The first-order valence-corrected chi connectivity index (χ1v) is 14.5. The Morgan fingerprint density at radius 1 is 1.20 bits per heavy atom. The van der Waals surface area contributed by atoms with Gasteiger partial charge in [0.15, 0.2) is 0 Å². The number of likely N-dealkylation sites (tertiary alicyclic amines) is 1. The maximum Gasteiger partial charge on any atom is 0.318 e. The lowest BCUT2D eigenvalue weighted by Gasteiger charge is -2.41. The average Bonchev–Trinajstić information content (AvgIpc) is 3.39. The molecule has 0 saturated carbocycles. The Morgan fingerprint density at radius 3 is 2.77 bits per heavy atom. The Labute approximate surface area is 240 Å². The van der Waals surface area contributed by atoms with Gasteiger partial charge in [0.25, 0.3) is 0 Å². The van der Waals surface area contributed by atoms with Gasteiger partial charge < -0.3 is 24.2 Å². The number of rotatable bonds is 6. The van der Waals surface area contributed by atoms with Crippen LogP contribution in [-0.2, 0) is 22.6 Å². The van der Waals surface area contributed by atoms with Gasteiger partial charge in [-0.3, -0.25) is 4.79 Å². The number of nitrogens with zero attached hydrogens (tertiary/aromatic N) is 5. The van der Waals surface area contributed by atoms with Gasteiger partial charge in [-0.1, -0.05) is 48.5 Å². The number of aromatic nitrogens is 2. The van der Waals surface area contributed by atoms with E-state index in [-0.39, 0.29) is 18.1 Å². The number of amides is 1. The summed E-state index contributed by atoms with van der Waals surface area (Å²) < 4.78 is 12.8. The topological polar surface area (TPSA) is 71.0 Å². The summed E-state index contributed by atoms with van der Waals surface area (Å²) in [5.74, 6) is 0.799. The van der Waals surface area contributed by atoms with Crippen molar-refractivity contribution in [2.75, 3.05) is 44.7 Å². The van der Waals surface area contributed by atoms with Crippen LogP contribution in [0.2, 0.25) is 5.02 Å². The van der Waals surface area contributed by atoms with E-state index in [1.807, 2.05) is 17.0 Å². The third kappa shape index (κ3) is 5.16. The molecule has 3 aromatic rings. The Morgan fingerprint density at radius 2 is 2.02 bits per heavy atom. The number of piperazine rings is 1. The normalized spacial score (nSPS) is 23.3. The Hall–Kier alpha value is -3.20. The van der Waals surface area contributed by atoms with Gasteiger partial charge in [-0.2, -0.15) is 9.97 Å². The largest absolute Gasteiger partial charge is 0.462 e. The molecule has 8 nitrogen and oxygen atoms in total. The van der Waals surface area contributed by atoms with Gasteiger partial charge in [0.05, 0.1) is 18.4 Å². The van der Waals surface area contributed by atoms with Crippen molar-refractivity contribution in [3.05, 3.63) is 70.9 Å². The number of benzene rings is 2. The van der Waals surface area contributed by atoms with Crippen LogP contribution in [0.15, 0.2) is 49.1 Å². The number of likely N-dealkylation sites (N-methyl/N-ethyl adjacent to an activating group) is 1. The van der Waals surface area contributed by atoms with Crippen LogP contribution >= 0.6 is 11.6 Å². The second kappa shape index (κ2) is 11.4. The number of ether oxygens (including phenoxy) is 2. The fourth-order valence-corrected chi connectivity index (χ4v) is 6.58. The number of anilines is 1. The molecule has 9 heteroatoms. The lowest BCUT2D eigenvalue weighted by atomic mass is 9.94. The van der Waals surface area contributed by atoms with Crippen LogP contribution in [0.5, 0.6) is 6.01 Å². The Kier molecular flexibility index (Phi) is 7.66. The number of carbonyl (C=O) groups is 1. The van der Waals surface area contributed by atoms with Gasteiger partial charge in [0, 0.05) is 54.1 Å². The fraction of sp³-hybridized carbons (Fsp3) is 0.452. The second-order valence-corrected chi connectivity index (χ2v) is 11.5. The van der Waals surface area contributed by atoms with E-state index in [0.717, 1.165) is 51.4 Å². The van der Waals surface area contributed by atoms with Crippen LogP contribution in [0.3, 0.4) is 0 Å². The molecule has 0 bridgehead atoms. The highest BCUT2D eigenvalue weighted by Gasteiger charge is 2.33. The zero-order valence-corrected chi connectivity index (χ0v) is 23.9. The summed E-state index contributed by atoms with van der Waals surface area (Å²) in [7, 11) is 2.14. The zero-order valence-electron chi connectivity index (χ0n) is 23.2. The first kappa shape index (κ1) is 27.0. The first-order chi connectivity index (χ1) is 19.4. The van der Waals surface area contributed by atoms with Crippen molar-refractivity contribution >= 4 is 34.1 Å². The molecule has 2 saturated heterocycles. The first-order valence-electron chi connectivity index (χ1n) is 14.1. The minimum Gasteiger partial charge on any atom is -0.462 e. The molecule has 210 valence electrons. The standard InChI is InChI=1S/C31H36ClN5O3/c1-4-28(38)36-14-15-37(20(2)17-36)30-24-19-39-27(23-11-5-8-21-9-6-12-25(32)29(21)23)16-26(24)33-31(34-30)40-18-22-10-7-13-35(22)3/h4-6,8-9,11-12,20,22,27H,1,7,10,13-19H2,2-3H3/t20-,22?,27?/m0/s1. The van der Waals surface area contributed by atoms with Crippen molar-refractivity contribution in [3.8, 4) is 6.01 Å². The zero-order chi connectivity index (χ0) is 27.8. The van der Waals surface area contributed by atoms with Crippen LogP contribution in [0.1, 0.15) is 42.7 Å². The summed E-state index contributed by atoms with van der Waals surface area (Å²) in [6.07, 6.45) is 4.08. The highest BCUT2D eigenvalue weighted by Crippen LogP contribution is 2.39. The van der Waals surface area contributed by atoms with Gasteiger partial charge in [-0.15, -0.1) is 0 Å². The summed E-state index contributed by atoms with van der Waals surface area (Å²) in [5.41, 5.74) is 2.99. The van der Waals surface area contributed by atoms with E-state index >= 15 is 0 Å². The van der Waals surface area contributed by atoms with Crippen LogP contribution < -0.4 is 9.64 Å². The van der Waals surface area contributed by atoms with Crippen molar-refractivity contribution in [2.24, 2.45) is 0 Å². The van der Waals surface area contributed by atoms with Gasteiger partial charge in [-0.05, 0) is 56.4 Å². The smallest absolute Gasteiger partial charge is 0.318 e. The molecule has 6 rings (SSSR count). The molecule has 0 N–H and O–H groups in total. The second-order valence-electron chi connectivity index (χ2n) is 11.1. The summed E-state index contributed by atoms with van der Waals surface area (Å²) in [4.78, 5) is 28.6. The number of halogens is 1. The number of fused-ring (bicyclic) bond motifs is 2. The predicted molar refractivity (Wildman–Crippen MR) is 157 cm³/mol. The molecule has 1 amide bonds. The van der Waals surface area contributed by atoms with Crippen LogP contribution in [0.4, 0.5) is 5.82 Å². The summed E-state index contributed by atoms with van der Waals surface area (Å²) >= 11 is 6.66. The van der Waals surface area contributed by atoms with E-state index in [9.17, 15) is 4.79 Å². The van der Waals surface area contributed by atoms with E-state index in [0.29, 0.717) is 51.3 Å². The highest BCUT2D eigenvalue weighted by molar-refractivity contribution is 6.35. The van der Waals surface area contributed by atoms with Crippen LogP contribution in [-0.4, -0.2) is 77.6 Å². The lowest BCUT2D eigenvalue weighted by molar-refractivity contribution is -0.126. The van der Waals surface area contributed by atoms with E-state index in [4.69, 9.17) is 31.0 Å². The van der Waals surface area contributed by atoms with Crippen molar-refractivity contribution < 1.29 is 14.3 Å². The molecule has 4 heterocycles. The molecular formula is C31H36ClN5O3. The Balaban J connectivity index is 1.33. The van der Waals surface area contributed by atoms with Gasteiger partial charge in [0.1, 0.15) is 12.4 Å². The highest BCUT2D eigenvalue weighted by atomic mass is 35.5. The summed E-state index contributed by atoms with van der Waals surface area (Å²) in [6, 6.07) is 13.0. The van der Waals surface area contributed by atoms with Crippen molar-refractivity contribution in [1.29, 1.82) is 0 Å². The molecule has 2 fully saturated rings.